The van der Waals surface area contributed by atoms with Gasteiger partial charge in [0.2, 0.25) is 0 Å². The second kappa shape index (κ2) is 5.48. The van der Waals surface area contributed by atoms with E-state index in [1.165, 1.54) is 47.9 Å². The molecule has 1 nitrogen and oxygen atoms in total. The molecule has 0 aromatic heterocycles. The number of ether oxygens (including phenoxy) is 1. The van der Waals surface area contributed by atoms with E-state index in [9.17, 15) is 0 Å². The van der Waals surface area contributed by atoms with Crippen molar-refractivity contribution >= 4 is 0 Å². The lowest BCUT2D eigenvalue weighted by Crippen LogP contribution is -2.08. The Morgan fingerprint density at radius 2 is 1.63 bits per heavy atom. The molecular weight excluding hydrogens is 232 g/mol. The highest BCUT2D eigenvalue weighted by Gasteiger charge is 2.16. The minimum Gasteiger partial charge on any atom is -0.489 e. The summed E-state index contributed by atoms with van der Waals surface area (Å²) in [6.45, 7) is 2.88. The fourth-order valence-corrected chi connectivity index (χ4v) is 2.88. The first-order valence-corrected chi connectivity index (χ1v) is 7.12. The third kappa shape index (κ3) is 2.65. The molecule has 2 aromatic carbocycles. The van der Waals surface area contributed by atoms with E-state index in [0.29, 0.717) is 6.61 Å². The minimum atomic E-state index is 0.663. The first kappa shape index (κ1) is 12.3. The van der Waals surface area contributed by atoms with E-state index in [4.69, 9.17) is 4.74 Å². The molecule has 2 aromatic rings. The van der Waals surface area contributed by atoms with Gasteiger partial charge in [-0.25, -0.2) is 0 Å². The maximum atomic E-state index is 6.05. The molecule has 0 N–H and O–H groups in total. The van der Waals surface area contributed by atoms with Gasteiger partial charge in [-0.15, -0.1) is 0 Å². The molecule has 0 bridgehead atoms. The summed E-state index contributed by atoms with van der Waals surface area (Å²) in [5.41, 5.74) is 5.62. The SMILES string of the molecule is Cc1ccc(OCc2ccccc2)c2c1CCCC2. The molecule has 0 radical (unpaired) electrons. The number of aryl methyl sites for hydroxylation is 1. The maximum Gasteiger partial charge on any atom is 0.123 e. The number of hydrogen-bond acceptors (Lipinski definition) is 1. The summed E-state index contributed by atoms with van der Waals surface area (Å²) in [6, 6.07) is 14.7. The van der Waals surface area contributed by atoms with Gasteiger partial charge in [-0.1, -0.05) is 36.4 Å². The molecule has 0 amide bonds. The minimum absolute atomic E-state index is 0.663. The lowest BCUT2D eigenvalue weighted by molar-refractivity contribution is 0.301. The van der Waals surface area contributed by atoms with Crippen LogP contribution < -0.4 is 4.74 Å². The van der Waals surface area contributed by atoms with Crippen molar-refractivity contribution < 1.29 is 4.74 Å². The van der Waals surface area contributed by atoms with Crippen molar-refractivity contribution in [2.75, 3.05) is 0 Å². The Bertz CT molecular complexity index is 557. The third-order valence-corrected chi connectivity index (χ3v) is 3.96. The Hall–Kier alpha value is -1.76. The smallest absolute Gasteiger partial charge is 0.123 e. The number of fused-ring (bicyclic) bond motifs is 1. The van der Waals surface area contributed by atoms with Gasteiger partial charge in [0.1, 0.15) is 12.4 Å². The van der Waals surface area contributed by atoms with Crippen LogP contribution in [0.5, 0.6) is 5.75 Å². The van der Waals surface area contributed by atoms with Crippen molar-refractivity contribution in [1.29, 1.82) is 0 Å². The van der Waals surface area contributed by atoms with Crippen molar-refractivity contribution in [1.82, 2.24) is 0 Å². The molecule has 1 aliphatic carbocycles. The highest BCUT2D eigenvalue weighted by molar-refractivity contribution is 5.46. The topological polar surface area (TPSA) is 9.23 Å². The third-order valence-electron chi connectivity index (χ3n) is 3.96. The Balaban J connectivity index is 1.81. The monoisotopic (exact) mass is 252 g/mol. The highest BCUT2D eigenvalue weighted by atomic mass is 16.5. The van der Waals surface area contributed by atoms with E-state index in [0.717, 1.165) is 5.75 Å². The number of hydrogen-bond donors (Lipinski definition) is 0. The standard InChI is InChI=1S/C18H20O/c1-14-11-12-18(17-10-6-5-9-16(14)17)19-13-15-7-3-2-4-8-15/h2-4,7-8,11-12H,5-6,9-10,13H2,1H3. The predicted molar refractivity (Wildman–Crippen MR) is 78.6 cm³/mol. The summed E-state index contributed by atoms with van der Waals surface area (Å²) in [5, 5.41) is 0. The summed E-state index contributed by atoms with van der Waals surface area (Å²) in [5.74, 6) is 1.09. The summed E-state index contributed by atoms with van der Waals surface area (Å²) in [6.07, 6.45) is 4.99. The fourth-order valence-electron chi connectivity index (χ4n) is 2.88. The van der Waals surface area contributed by atoms with Gasteiger partial charge < -0.3 is 4.74 Å². The average molecular weight is 252 g/mol. The highest BCUT2D eigenvalue weighted by Crippen LogP contribution is 2.32. The van der Waals surface area contributed by atoms with Crippen molar-refractivity contribution in [2.24, 2.45) is 0 Å². The van der Waals surface area contributed by atoms with Crippen LogP contribution >= 0.6 is 0 Å². The molecule has 98 valence electrons. The van der Waals surface area contributed by atoms with Gasteiger partial charge in [-0.2, -0.15) is 0 Å². The first-order valence-electron chi connectivity index (χ1n) is 7.12. The van der Waals surface area contributed by atoms with E-state index in [1.807, 2.05) is 6.07 Å². The lowest BCUT2D eigenvalue weighted by atomic mass is 9.88. The molecule has 19 heavy (non-hydrogen) atoms. The van der Waals surface area contributed by atoms with Crippen LogP contribution in [0.25, 0.3) is 0 Å². The molecule has 1 aliphatic rings. The van der Waals surface area contributed by atoms with E-state index < -0.39 is 0 Å². The molecule has 0 heterocycles. The van der Waals surface area contributed by atoms with Crippen LogP contribution in [-0.2, 0) is 19.4 Å². The second-order valence-electron chi connectivity index (χ2n) is 5.32. The summed E-state index contributed by atoms with van der Waals surface area (Å²) < 4.78 is 6.05. The molecule has 0 fully saturated rings. The Morgan fingerprint density at radius 1 is 0.895 bits per heavy atom. The molecule has 0 aliphatic heterocycles. The molecule has 0 atom stereocenters. The molecule has 0 unspecified atom stereocenters. The van der Waals surface area contributed by atoms with Crippen molar-refractivity contribution in [3.63, 3.8) is 0 Å². The summed E-state index contributed by atoms with van der Waals surface area (Å²) in [7, 11) is 0. The van der Waals surface area contributed by atoms with Crippen LogP contribution in [0.15, 0.2) is 42.5 Å². The Kier molecular flexibility index (Phi) is 3.54. The van der Waals surface area contributed by atoms with Gasteiger partial charge in [0.05, 0.1) is 0 Å². The molecule has 1 heteroatoms. The lowest BCUT2D eigenvalue weighted by Gasteiger charge is -2.21. The molecular formula is C18H20O. The normalized spacial score (nSPS) is 13.9. The first-order chi connectivity index (χ1) is 9.34. The van der Waals surface area contributed by atoms with Crippen molar-refractivity contribution in [3.05, 3.63) is 64.7 Å². The zero-order valence-electron chi connectivity index (χ0n) is 11.5. The van der Waals surface area contributed by atoms with Crippen molar-refractivity contribution in [3.8, 4) is 5.75 Å². The Labute approximate surface area is 115 Å². The largest absolute Gasteiger partial charge is 0.489 e. The van der Waals surface area contributed by atoms with Crippen LogP contribution in [0.1, 0.15) is 35.1 Å². The van der Waals surface area contributed by atoms with Crippen molar-refractivity contribution in [2.45, 2.75) is 39.2 Å². The summed E-state index contributed by atoms with van der Waals surface area (Å²) in [4.78, 5) is 0. The Morgan fingerprint density at radius 3 is 2.42 bits per heavy atom. The molecule has 0 saturated heterocycles. The number of benzene rings is 2. The predicted octanol–water partition coefficient (Wildman–Crippen LogP) is 4.45. The van der Waals surface area contributed by atoms with Gasteiger partial charge >= 0.3 is 0 Å². The molecule has 0 spiro atoms. The maximum absolute atomic E-state index is 6.05. The molecule has 0 saturated carbocycles. The van der Waals surface area contributed by atoms with E-state index in [1.54, 1.807) is 0 Å². The van der Waals surface area contributed by atoms with E-state index in [2.05, 4.69) is 43.3 Å². The van der Waals surface area contributed by atoms with Crippen LogP contribution in [0, 0.1) is 6.92 Å². The van der Waals surface area contributed by atoms with E-state index in [-0.39, 0.29) is 0 Å². The summed E-state index contributed by atoms with van der Waals surface area (Å²) >= 11 is 0. The van der Waals surface area contributed by atoms with Crippen LogP contribution in [-0.4, -0.2) is 0 Å². The average Bonchev–Trinajstić information content (AvgIpc) is 2.48. The van der Waals surface area contributed by atoms with Gasteiger partial charge in [0.15, 0.2) is 0 Å². The van der Waals surface area contributed by atoms with Crippen LogP contribution in [0.2, 0.25) is 0 Å². The number of rotatable bonds is 3. The van der Waals surface area contributed by atoms with Crippen LogP contribution in [0.4, 0.5) is 0 Å². The van der Waals surface area contributed by atoms with Crippen LogP contribution in [0.3, 0.4) is 0 Å². The van der Waals surface area contributed by atoms with Gasteiger partial charge in [0, 0.05) is 0 Å². The zero-order chi connectivity index (χ0) is 13.1. The zero-order valence-corrected chi connectivity index (χ0v) is 11.5. The van der Waals surface area contributed by atoms with E-state index >= 15 is 0 Å². The van der Waals surface area contributed by atoms with Gasteiger partial charge in [0.25, 0.3) is 0 Å². The van der Waals surface area contributed by atoms with Gasteiger partial charge in [-0.05, 0) is 60.9 Å². The quantitative estimate of drug-likeness (QED) is 0.784. The fraction of sp³-hybridized carbons (Fsp3) is 0.333. The molecule has 3 rings (SSSR count). The second-order valence-corrected chi connectivity index (χ2v) is 5.32. The van der Waals surface area contributed by atoms with Gasteiger partial charge in [-0.3, -0.25) is 0 Å².